The van der Waals surface area contributed by atoms with Crippen LogP contribution in [-0.2, 0) is 11.3 Å². The van der Waals surface area contributed by atoms with Crippen LogP contribution in [0.3, 0.4) is 0 Å². The predicted octanol–water partition coefficient (Wildman–Crippen LogP) is 1.86. The number of amides is 2. The van der Waals surface area contributed by atoms with Gasteiger partial charge in [-0.05, 0) is 42.7 Å². The van der Waals surface area contributed by atoms with Crippen molar-refractivity contribution in [3.05, 3.63) is 59.7 Å². The Hall–Kier alpha value is -3.26. The first kappa shape index (κ1) is 20.6. The number of carbonyl (C=O) groups excluding carboxylic acids is 2. The van der Waals surface area contributed by atoms with Crippen LogP contribution in [0.15, 0.2) is 48.5 Å². The number of benzene rings is 2. The first-order chi connectivity index (χ1) is 15.7. The molecule has 0 radical (unpaired) electrons. The van der Waals surface area contributed by atoms with E-state index in [-0.39, 0.29) is 11.8 Å². The second-order valence-electron chi connectivity index (χ2n) is 8.59. The number of carbonyl (C=O) groups is 2. The molecule has 32 heavy (non-hydrogen) atoms. The van der Waals surface area contributed by atoms with Gasteiger partial charge in [-0.1, -0.05) is 29.5 Å². The molecule has 0 spiro atoms. The van der Waals surface area contributed by atoms with Gasteiger partial charge in [0.15, 0.2) is 0 Å². The van der Waals surface area contributed by atoms with Crippen molar-refractivity contribution in [3.63, 3.8) is 0 Å². The summed E-state index contributed by atoms with van der Waals surface area (Å²) in [7, 11) is 0. The van der Waals surface area contributed by atoms with Gasteiger partial charge in [-0.25, -0.2) is 4.68 Å². The van der Waals surface area contributed by atoms with Gasteiger partial charge in [-0.15, -0.1) is 5.10 Å². The largest absolute Gasteiger partial charge is 0.342 e. The summed E-state index contributed by atoms with van der Waals surface area (Å²) in [5.74, 6) is 0.270. The van der Waals surface area contributed by atoms with Gasteiger partial charge < -0.3 is 9.80 Å². The number of aromatic nitrogens is 3. The van der Waals surface area contributed by atoms with Crippen LogP contribution in [0.25, 0.3) is 11.0 Å². The lowest BCUT2D eigenvalue weighted by Crippen LogP contribution is -2.51. The van der Waals surface area contributed by atoms with E-state index in [9.17, 15) is 9.59 Å². The molecule has 2 saturated heterocycles. The molecular formula is C24H28N6O2. The zero-order valence-electron chi connectivity index (χ0n) is 18.2. The Morgan fingerprint density at radius 2 is 1.53 bits per heavy atom. The lowest BCUT2D eigenvalue weighted by Gasteiger charge is -2.35. The fourth-order valence-corrected chi connectivity index (χ4v) is 4.51. The Kier molecular flexibility index (Phi) is 5.85. The molecule has 0 atom stereocenters. The average molecular weight is 433 g/mol. The van der Waals surface area contributed by atoms with Gasteiger partial charge in [0.2, 0.25) is 5.91 Å². The highest BCUT2D eigenvalue weighted by molar-refractivity contribution is 5.94. The highest BCUT2D eigenvalue weighted by atomic mass is 16.2. The molecule has 8 heteroatoms. The minimum atomic E-state index is 0.0493. The van der Waals surface area contributed by atoms with Crippen LogP contribution in [0.4, 0.5) is 0 Å². The summed E-state index contributed by atoms with van der Waals surface area (Å²) >= 11 is 0. The first-order valence-corrected chi connectivity index (χ1v) is 11.3. The fraction of sp³-hybridized carbons (Fsp3) is 0.417. The number of hydrogen-bond acceptors (Lipinski definition) is 5. The van der Waals surface area contributed by atoms with Gasteiger partial charge >= 0.3 is 0 Å². The maximum atomic E-state index is 12.9. The number of nitrogens with zero attached hydrogens (tertiary/aromatic N) is 6. The number of piperazine rings is 1. The van der Waals surface area contributed by atoms with E-state index in [1.54, 1.807) is 0 Å². The molecule has 8 nitrogen and oxygen atoms in total. The predicted molar refractivity (Wildman–Crippen MR) is 121 cm³/mol. The lowest BCUT2D eigenvalue weighted by atomic mass is 10.1. The minimum Gasteiger partial charge on any atom is -0.342 e. The van der Waals surface area contributed by atoms with Crippen molar-refractivity contribution in [1.29, 1.82) is 0 Å². The molecule has 2 aliphatic rings. The molecule has 0 bridgehead atoms. The Morgan fingerprint density at radius 1 is 0.812 bits per heavy atom. The number of para-hydroxylation sites is 1. The van der Waals surface area contributed by atoms with Crippen molar-refractivity contribution in [2.75, 3.05) is 45.8 Å². The van der Waals surface area contributed by atoms with Crippen molar-refractivity contribution in [3.8, 4) is 0 Å². The quantitative estimate of drug-likeness (QED) is 0.615. The Bertz CT molecular complexity index is 1100. The van der Waals surface area contributed by atoms with Crippen LogP contribution in [0.5, 0.6) is 0 Å². The van der Waals surface area contributed by atoms with E-state index in [1.165, 1.54) is 0 Å². The second kappa shape index (κ2) is 9.08. The zero-order chi connectivity index (χ0) is 21.9. The molecule has 2 amide bonds. The van der Waals surface area contributed by atoms with Crippen LogP contribution < -0.4 is 0 Å². The molecule has 2 aromatic carbocycles. The molecule has 3 heterocycles. The molecule has 0 saturated carbocycles. The number of fused-ring (bicyclic) bond motifs is 1. The van der Waals surface area contributed by atoms with Gasteiger partial charge in [0, 0.05) is 44.8 Å². The maximum Gasteiger partial charge on any atom is 0.253 e. The molecule has 3 aromatic rings. The van der Waals surface area contributed by atoms with Crippen molar-refractivity contribution >= 4 is 22.8 Å². The molecule has 0 unspecified atom stereocenters. The van der Waals surface area contributed by atoms with Gasteiger partial charge in [0.05, 0.1) is 18.6 Å². The highest BCUT2D eigenvalue weighted by Gasteiger charge is 2.25. The second-order valence-corrected chi connectivity index (χ2v) is 8.59. The van der Waals surface area contributed by atoms with Crippen LogP contribution >= 0.6 is 0 Å². The summed E-state index contributed by atoms with van der Waals surface area (Å²) in [6.07, 6.45) is 2.23. The van der Waals surface area contributed by atoms with Crippen LogP contribution in [-0.4, -0.2) is 87.3 Å². The van der Waals surface area contributed by atoms with Crippen LogP contribution in [0.1, 0.15) is 28.8 Å². The Balaban J connectivity index is 1.15. The van der Waals surface area contributed by atoms with E-state index >= 15 is 0 Å². The third-order valence-electron chi connectivity index (χ3n) is 6.43. The van der Waals surface area contributed by atoms with E-state index in [0.29, 0.717) is 31.7 Å². The van der Waals surface area contributed by atoms with E-state index in [1.807, 2.05) is 63.0 Å². The van der Waals surface area contributed by atoms with Gasteiger partial charge in [-0.3, -0.25) is 14.5 Å². The topological polar surface area (TPSA) is 74.6 Å². The third-order valence-corrected chi connectivity index (χ3v) is 6.43. The van der Waals surface area contributed by atoms with Crippen molar-refractivity contribution < 1.29 is 9.59 Å². The first-order valence-electron chi connectivity index (χ1n) is 11.3. The maximum absolute atomic E-state index is 12.9. The number of rotatable bonds is 5. The monoisotopic (exact) mass is 432 g/mol. The van der Waals surface area contributed by atoms with Gasteiger partial charge in [0.1, 0.15) is 5.52 Å². The Labute approximate surface area is 187 Å². The van der Waals surface area contributed by atoms with Crippen molar-refractivity contribution in [2.45, 2.75) is 19.4 Å². The molecule has 0 aliphatic carbocycles. The van der Waals surface area contributed by atoms with Crippen molar-refractivity contribution in [1.82, 2.24) is 29.7 Å². The molecule has 2 aliphatic heterocycles. The van der Waals surface area contributed by atoms with Gasteiger partial charge in [0.25, 0.3) is 5.91 Å². The summed E-state index contributed by atoms with van der Waals surface area (Å²) in [5, 5.41) is 8.43. The summed E-state index contributed by atoms with van der Waals surface area (Å²) < 4.78 is 1.87. The Morgan fingerprint density at radius 3 is 2.28 bits per heavy atom. The molecule has 166 valence electrons. The van der Waals surface area contributed by atoms with E-state index < -0.39 is 0 Å². The highest BCUT2D eigenvalue weighted by Crippen LogP contribution is 2.15. The molecule has 5 rings (SSSR count). The average Bonchev–Trinajstić information content (AvgIpc) is 3.51. The SMILES string of the molecule is O=C(CN1CCN(C(=O)c2ccc(Cn3nnc4ccccc43)cc2)CC1)N1CCCC1. The number of likely N-dealkylation sites (tertiary alicyclic amines) is 1. The summed E-state index contributed by atoms with van der Waals surface area (Å²) in [5.41, 5.74) is 3.63. The fourth-order valence-electron chi connectivity index (χ4n) is 4.51. The van der Waals surface area contributed by atoms with E-state index in [0.717, 1.165) is 55.6 Å². The third kappa shape index (κ3) is 4.36. The smallest absolute Gasteiger partial charge is 0.253 e. The minimum absolute atomic E-state index is 0.0493. The molecule has 2 fully saturated rings. The van der Waals surface area contributed by atoms with E-state index in [4.69, 9.17) is 0 Å². The number of hydrogen-bond donors (Lipinski definition) is 0. The summed E-state index contributed by atoms with van der Waals surface area (Å²) in [6, 6.07) is 15.6. The molecule has 1 aromatic heterocycles. The molecular weight excluding hydrogens is 404 g/mol. The lowest BCUT2D eigenvalue weighted by molar-refractivity contribution is -0.131. The normalized spacial score (nSPS) is 17.2. The zero-order valence-corrected chi connectivity index (χ0v) is 18.2. The standard InChI is InChI=1S/C24H28N6O2/c31-23(28-11-3-4-12-28)18-27-13-15-29(16-14-27)24(32)20-9-7-19(8-10-20)17-30-22-6-2-1-5-21(22)25-26-30/h1-2,5-10H,3-4,11-18H2. The van der Waals surface area contributed by atoms with Gasteiger partial charge in [-0.2, -0.15) is 0 Å². The van der Waals surface area contributed by atoms with E-state index in [2.05, 4.69) is 15.2 Å². The summed E-state index contributed by atoms with van der Waals surface area (Å²) in [6.45, 7) is 5.64. The van der Waals surface area contributed by atoms with Crippen LogP contribution in [0.2, 0.25) is 0 Å². The van der Waals surface area contributed by atoms with Crippen molar-refractivity contribution in [2.24, 2.45) is 0 Å². The summed E-state index contributed by atoms with van der Waals surface area (Å²) in [4.78, 5) is 31.3. The van der Waals surface area contributed by atoms with Crippen LogP contribution in [0, 0.1) is 0 Å². The molecule has 0 N–H and O–H groups in total.